The van der Waals surface area contributed by atoms with Crippen LogP contribution in [0.2, 0.25) is 0 Å². The Balaban J connectivity index is 1.45. The average molecular weight is 486 g/mol. The molecule has 2 aromatic carbocycles. The number of benzene rings is 2. The maximum absolute atomic E-state index is 12.7. The van der Waals surface area contributed by atoms with Gasteiger partial charge in [0.2, 0.25) is 17.6 Å². The van der Waals surface area contributed by atoms with E-state index in [1.165, 1.54) is 4.90 Å². The van der Waals surface area contributed by atoms with Gasteiger partial charge in [-0.3, -0.25) is 9.59 Å². The summed E-state index contributed by atoms with van der Waals surface area (Å²) >= 11 is 0. The lowest BCUT2D eigenvalue weighted by atomic mass is 10.0. The first-order valence-electron chi connectivity index (χ1n) is 11.9. The summed E-state index contributed by atoms with van der Waals surface area (Å²) in [5.74, 6) is 1.29. The van der Waals surface area contributed by atoms with Gasteiger partial charge in [0.15, 0.2) is 0 Å². The molecular weight excluding hydrogens is 458 g/mol. The summed E-state index contributed by atoms with van der Waals surface area (Å²) in [6.07, 6.45) is 1.07. The van der Waals surface area contributed by atoms with Crippen molar-refractivity contribution in [2.45, 2.75) is 38.8 Å². The molecule has 0 spiro atoms. The minimum atomic E-state index is -0.130. The predicted octanol–water partition coefficient (Wildman–Crippen LogP) is 3.60. The minimum absolute atomic E-state index is 0.0105. The number of likely N-dealkylation sites (tertiary alicyclic amines) is 1. The van der Waals surface area contributed by atoms with Crippen LogP contribution in [-0.4, -0.2) is 58.5 Å². The Morgan fingerprint density at radius 3 is 2.81 bits per heavy atom. The molecule has 0 unspecified atom stereocenters. The van der Waals surface area contributed by atoms with Crippen LogP contribution in [0.1, 0.15) is 43.0 Å². The van der Waals surface area contributed by atoms with Crippen LogP contribution in [0.5, 0.6) is 5.75 Å². The van der Waals surface area contributed by atoms with Gasteiger partial charge < -0.3 is 19.1 Å². The number of carbonyl (C=O) groups is 2. The Labute approximate surface area is 209 Å². The molecule has 2 atom stereocenters. The van der Waals surface area contributed by atoms with Gasteiger partial charge in [0.05, 0.1) is 17.7 Å². The number of aromatic nitrogens is 2. The number of carbonyl (C=O) groups excluding carboxylic acids is 2. The number of likely N-dealkylation sites (N-methyl/N-ethyl adjacent to an activating group) is 1. The van der Waals surface area contributed by atoms with Crippen molar-refractivity contribution in [3.8, 4) is 34.7 Å². The van der Waals surface area contributed by atoms with E-state index in [0.717, 1.165) is 16.7 Å². The van der Waals surface area contributed by atoms with Gasteiger partial charge in [0, 0.05) is 31.6 Å². The van der Waals surface area contributed by atoms with E-state index < -0.39 is 0 Å². The third-order valence-electron chi connectivity index (χ3n) is 6.72. The van der Waals surface area contributed by atoms with E-state index in [-0.39, 0.29) is 36.4 Å². The predicted molar refractivity (Wildman–Crippen MR) is 131 cm³/mol. The molecule has 2 amide bonds. The fraction of sp³-hybridized carbons (Fsp3) is 0.370. The maximum Gasteiger partial charge on any atom is 0.258 e. The van der Waals surface area contributed by atoms with Crippen molar-refractivity contribution >= 4 is 11.8 Å². The molecule has 2 aliphatic rings. The Morgan fingerprint density at radius 2 is 2.08 bits per heavy atom. The molecule has 5 rings (SSSR count). The molecule has 1 saturated heterocycles. The molecule has 9 nitrogen and oxygen atoms in total. The summed E-state index contributed by atoms with van der Waals surface area (Å²) in [6, 6.07) is 13.1. The molecular formula is C27H27N5O4. The van der Waals surface area contributed by atoms with Crippen LogP contribution in [-0.2, 0) is 16.0 Å². The van der Waals surface area contributed by atoms with Crippen LogP contribution in [0.3, 0.4) is 0 Å². The first-order valence-corrected chi connectivity index (χ1v) is 11.9. The number of nitrogens with zero attached hydrogens (tertiary/aromatic N) is 5. The molecule has 0 bridgehead atoms. The van der Waals surface area contributed by atoms with E-state index in [1.54, 1.807) is 37.2 Å². The number of nitriles is 1. The summed E-state index contributed by atoms with van der Waals surface area (Å²) in [6.45, 7) is 3.88. The monoisotopic (exact) mass is 485 g/mol. The van der Waals surface area contributed by atoms with E-state index in [2.05, 4.69) is 16.2 Å². The van der Waals surface area contributed by atoms with Gasteiger partial charge in [0.25, 0.3) is 5.89 Å². The van der Waals surface area contributed by atoms with E-state index >= 15 is 0 Å². The smallest absolute Gasteiger partial charge is 0.258 e. The van der Waals surface area contributed by atoms with Gasteiger partial charge in [0.1, 0.15) is 18.4 Å². The summed E-state index contributed by atoms with van der Waals surface area (Å²) in [5.41, 5.74) is 3.98. The number of rotatable bonds is 6. The molecule has 1 aliphatic carbocycles. The van der Waals surface area contributed by atoms with Crippen LogP contribution in [0.15, 0.2) is 40.9 Å². The quantitative estimate of drug-likeness (QED) is 0.524. The zero-order valence-electron chi connectivity index (χ0n) is 20.7. The topological polar surface area (TPSA) is 113 Å². The molecule has 0 saturated carbocycles. The normalized spacial score (nSPS) is 18.2. The highest BCUT2D eigenvalue weighted by Crippen LogP contribution is 2.49. The Hall–Kier alpha value is -4.19. The molecule has 2 heterocycles. The van der Waals surface area contributed by atoms with Crippen molar-refractivity contribution in [2.24, 2.45) is 5.92 Å². The second-order valence-electron chi connectivity index (χ2n) is 9.71. The van der Waals surface area contributed by atoms with E-state index in [0.29, 0.717) is 41.4 Å². The fourth-order valence-corrected chi connectivity index (χ4v) is 5.08. The largest absolute Gasteiger partial charge is 0.490 e. The summed E-state index contributed by atoms with van der Waals surface area (Å²) in [4.78, 5) is 32.9. The summed E-state index contributed by atoms with van der Waals surface area (Å²) in [5, 5.41) is 13.8. The Morgan fingerprint density at radius 1 is 1.28 bits per heavy atom. The number of hydrogen-bond donors (Lipinski definition) is 0. The number of fused-ring (bicyclic) bond motifs is 3. The molecule has 3 aromatic rings. The fourth-order valence-electron chi connectivity index (χ4n) is 5.08. The number of ether oxygens (including phenoxy) is 1. The van der Waals surface area contributed by atoms with Crippen molar-refractivity contribution in [1.82, 2.24) is 19.9 Å². The number of hydrogen-bond acceptors (Lipinski definition) is 7. The molecule has 0 radical (unpaired) electrons. The highest BCUT2D eigenvalue weighted by atomic mass is 16.5. The lowest BCUT2D eigenvalue weighted by Crippen LogP contribution is -2.38. The number of amides is 2. The first kappa shape index (κ1) is 23.5. The molecule has 9 heteroatoms. The van der Waals surface area contributed by atoms with Gasteiger partial charge in [-0.2, -0.15) is 10.2 Å². The Kier molecular flexibility index (Phi) is 5.96. The van der Waals surface area contributed by atoms with Crippen LogP contribution < -0.4 is 4.74 Å². The van der Waals surface area contributed by atoms with E-state index in [1.807, 2.05) is 32.0 Å². The van der Waals surface area contributed by atoms with Crippen LogP contribution in [0.4, 0.5) is 0 Å². The maximum atomic E-state index is 12.7. The molecule has 1 aromatic heterocycles. The minimum Gasteiger partial charge on any atom is -0.490 e. The third-order valence-corrected chi connectivity index (χ3v) is 6.72. The molecule has 1 aliphatic heterocycles. The van der Waals surface area contributed by atoms with Crippen LogP contribution >= 0.6 is 0 Å². The van der Waals surface area contributed by atoms with E-state index in [4.69, 9.17) is 9.26 Å². The first-order chi connectivity index (χ1) is 17.3. The van der Waals surface area contributed by atoms with E-state index in [9.17, 15) is 14.9 Å². The van der Waals surface area contributed by atoms with Crippen LogP contribution in [0.25, 0.3) is 22.8 Å². The van der Waals surface area contributed by atoms with Gasteiger partial charge in [-0.05, 0) is 55.5 Å². The standard InChI is InChI=1S/C27H27N5O4/c1-15(2)35-22-9-8-16(10-18(22)13-28)27-29-26(30-36-27)20-7-5-6-19-21(20)11-17-12-23(33)32(25(17)19)14-24(34)31(3)4/h5-10,15,17,25H,11-12,14H2,1-4H3/t17-,25+/m0/s1. The van der Waals surface area contributed by atoms with Crippen molar-refractivity contribution in [3.05, 3.63) is 53.1 Å². The van der Waals surface area contributed by atoms with Crippen molar-refractivity contribution < 1.29 is 18.8 Å². The average Bonchev–Trinajstić information content (AvgIpc) is 3.54. The summed E-state index contributed by atoms with van der Waals surface area (Å²) in [7, 11) is 3.39. The van der Waals surface area contributed by atoms with Crippen molar-refractivity contribution in [1.29, 1.82) is 5.26 Å². The zero-order valence-corrected chi connectivity index (χ0v) is 20.7. The van der Waals surface area contributed by atoms with Gasteiger partial charge in [-0.15, -0.1) is 0 Å². The van der Waals surface area contributed by atoms with Gasteiger partial charge >= 0.3 is 0 Å². The highest BCUT2D eigenvalue weighted by Gasteiger charge is 2.47. The second-order valence-corrected chi connectivity index (χ2v) is 9.71. The molecule has 1 fully saturated rings. The molecule has 36 heavy (non-hydrogen) atoms. The third kappa shape index (κ3) is 4.09. The summed E-state index contributed by atoms with van der Waals surface area (Å²) < 4.78 is 11.3. The van der Waals surface area contributed by atoms with Gasteiger partial charge in [-0.25, -0.2) is 0 Å². The highest BCUT2D eigenvalue weighted by molar-refractivity contribution is 5.87. The molecule has 0 N–H and O–H groups in total. The lowest BCUT2D eigenvalue weighted by molar-refractivity contribution is -0.138. The Bertz CT molecular complexity index is 1390. The van der Waals surface area contributed by atoms with Crippen LogP contribution in [0, 0.1) is 17.2 Å². The second kappa shape index (κ2) is 9.11. The zero-order chi connectivity index (χ0) is 25.6. The lowest BCUT2D eigenvalue weighted by Gasteiger charge is -2.26. The van der Waals surface area contributed by atoms with Gasteiger partial charge in [-0.1, -0.05) is 23.4 Å². The molecule has 184 valence electrons. The van der Waals surface area contributed by atoms with Crippen molar-refractivity contribution in [3.63, 3.8) is 0 Å². The van der Waals surface area contributed by atoms with Crippen molar-refractivity contribution in [2.75, 3.05) is 20.6 Å². The SMILES string of the molecule is CC(C)Oc1ccc(-c2nc(-c3cccc4c3C[C@H]3CC(=O)N(CC(=O)N(C)C)[C@@H]43)no2)cc1C#N.